The van der Waals surface area contributed by atoms with Gasteiger partial charge in [-0.25, -0.2) is 4.98 Å². The number of unbranched alkanes of at least 4 members (excludes halogenated alkanes) is 11. The Labute approximate surface area is 137 Å². The molecule has 1 N–H and O–H groups in total. The van der Waals surface area contributed by atoms with E-state index in [2.05, 4.69) is 29.0 Å². The van der Waals surface area contributed by atoms with Gasteiger partial charge in [-0.2, -0.15) is 5.10 Å². The highest BCUT2D eigenvalue weighted by Gasteiger charge is 2.11. The van der Waals surface area contributed by atoms with Crippen LogP contribution in [-0.4, -0.2) is 15.2 Å². The van der Waals surface area contributed by atoms with E-state index in [0.29, 0.717) is 5.92 Å². The van der Waals surface area contributed by atoms with Crippen molar-refractivity contribution in [3.8, 4) is 0 Å². The van der Waals surface area contributed by atoms with Crippen LogP contribution in [0.1, 0.15) is 115 Å². The van der Waals surface area contributed by atoms with Crippen LogP contribution in [0.3, 0.4) is 0 Å². The van der Waals surface area contributed by atoms with Crippen molar-refractivity contribution in [1.29, 1.82) is 0 Å². The van der Waals surface area contributed by atoms with Crippen molar-refractivity contribution in [2.24, 2.45) is 0 Å². The van der Waals surface area contributed by atoms with Gasteiger partial charge >= 0.3 is 0 Å². The van der Waals surface area contributed by atoms with E-state index in [9.17, 15) is 0 Å². The Kier molecular flexibility index (Phi) is 12.0. The number of nitrogens with zero attached hydrogens (tertiary/aromatic N) is 2. The molecule has 22 heavy (non-hydrogen) atoms. The molecule has 0 aromatic carbocycles. The molecule has 0 saturated heterocycles. The minimum atomic E-state index is 0.575. The Hall–Kier alpha value is -0.860. The van der Waals surface area contributed by atoms with E-state index < -0.39 is 0 Å². The molecule has 0 amide bonds. The summed E-state index contributed by atoms with van der Waals surface area (Å²) in [5.74, 6) is 1.65. The van der Waals surface area contributed by atoms with Crippen molar-refractivity contribution in [1.82, 2.24) is 15.2 Å². The third-order valence-electron chi connectivity index (χ3n) is 4.72. The van der Waals surface area contributed by atoms with Crippen LogP contribution in [0.25, 0.3) is 0 Å². The zero-order valence-corrected chi connectivity index (χ0v) is 14.9. The molecule has 1 unspecified atom stereocenters. The highest BCUT2D eigenvalue weighted by atomic mass is 15.2. The van der Waals surface area contributed by atoms with Crippen molar-refractivity contribution in [3.05, 3.63) is 12.2 Å². The SMILES string of the molecule is CCCCCCCCCCCCCCC(CC)c1ncn[nH]1. The highest BCUT2D eigenvalue weighted by Crippen LogP contribution is 2.22. The molecule has 3 nitrogen and oxygen atoms in total. The Morgan fingerprint density at radius 2 is 1.36 bits per heavy atom. The van der Waals surface area contributed by atoms with Gasteiger partial charge in [0.25, 0.3) is 0 Å². The third-order valence-corrected chi connectivity index (χ3v) is 4.72. The normalized spacial score (nSPS) is 12.6. The number of aromatic nitrogens is 3. The Balaban J connectivity index is 1.85. The van der Waals surface area contributed by atoms with Crippen molar-refractivity contribution >= 4 is 0 Å². The summed E-state index contributed by atoms with van der Waals surface area (Å²) >= 11 is 0. The molecular formula is C19H37N3. The van der Waals surface area contributed by atoms with E-state index in [4.69, 9.17) is 0 Å². The molecule has 3 heteroatoms. The van der Waals surface area contributed by atoms with Crippen LogP contribution in [0, 0.1) is 0 Å². The topological polar surface area (TPSA) is 41.6 Å². The molecule has 0 aliphatic rings. The first kappa shape index (κ1) is 19.2. The summed E-state index contributed by atoms with van der Waals surface area (Å²) < 4.78 is 0. The van der Waals surface area contributed by atoms with E-state index in [1.807, 2.05) is 0 Å². The fraction of sp³-hybridized carbons (Fsp3) is 0.895. The quantitative estimate of drug-likeness (QED) is 0.381. The van der Waals surface area contributed by atoms with Gasteiger partial charge in [0, 0.05) is 5.92 Å². The van der Waals surface area contributed by atoms with Gasteiger partial charge in [0.05, 0.1) is 0 Å². The van der Waals surface area contributed by atoms with E-state index in [1.165, 1.54) is 83.5 Å². The summed E-state index contributed by atoms with van der Waals surface area (Å²) in [6.45, 7) is 4.53. The van der Waals surface area contributed by atoms with Gasteiger partial charge in [0.15, 0.2) is 0 Å². The van der Waals surface area contributed by atoms with Gasteiger partial charge in [-0.1, -0.05) is 90.9 Å². The molecule has 0 spiro atoms. The zero-order chi connectivity index (χ0) is 15.9. The lowest BCUT2D eigenvalue weighted by atomic mass is 9.97. The molecule has 1 heterocycles. The third kappa shape index (κ3) is 9.22. The predicted octanol–water partition coefficient (Wildman–Crippen LogP) is 6.39. The maximum absolute atomic E-state index is 4.30. The number of H-pyrrole nitrogens is 1. The lowest BCUT2D eigenvalue weighted by Gasteiger charge is -2.11. The molecule has 0 radical (unpaired) electrons. The van der Waals surface area contributed by atoms with Crippen LogP contribution in [0.5, 0.6) is 0 Å². The van der Waals surface area contributed by atoms with Crippen LogP contribution < -0.4 is 0 Å². The fourth-order valence-corrected chi connectivity index (χ4v) is 3.18. The largest absolute Gasteiger partial charge is 0.263 e. The molecule has 1 aromatic heterocycles. The summed E-state index contributed by atoms with van der Waals surface area (Å²) in [5, 5.41) is 6.98. The number of hydrogen-bond donors (Lipinski definition) is 1. The molecule has 128 valence electrons. The average Bonchev–Trinajstić information content (AvgIpc) is 3.06. The first-order valence-electron chi connectivity index (χ1n) is 9.73. The van der Waals surface area contributed by atoms with Gasteiger partial charge in [0.1, 0.15) is 12.2 Å². The molecular weight excluding hydrogens is 270 g/mol. The van der Waals surface area contributed by atoms with Crippen molar-refractivity contribution in [2.45, 2.75) is 110 Å². The summed E-state index contributed by atoms with van der Waals surface area (Å²) in [7, 11) is 0. The lowest BCUT2D eigenvalue weighted by Crippen LogP contribution is -2.00. The molecule has 0 bridgehead atoms. The second-order valence-corrected chi connectivity index (χ2v) is 6.65. The smallest absolute Gasteiger partial charge is 0.137 e. The van der Waals surface area contributed by atoms with Crippen LogP contribution in [0.4, 0.5) is 0 Å². The molecule has 0 saturated carbocycles. The zero-order valence-electron chi connectivity index (χ0n) is 14.9. The highest BCUT2D eigenvalue weighted by molar-refractivity contribution is 4.91. The predicted molar refractivity (Wildman–Crippen MR) is 95.1 cm³/mol. The van der Waals surface area contributed by atoms with E-state index >= 15 is 0 Å². The number of nitrogens with one attached hydrogen (secondary N) is 1. The van der Waals surface area contributed by atoms with Gasteiger partial charge in [0.2, 0.25) is 0 Å². The Morgan fingerprint density at radius 3 is 1.82 bits per heavy atom. The summed E-state index contributed by atoms with van der Waals surface area (Å²) in [4.78, 5) is 4.30. The van der Waals surface area contributed by atoms with Crippen molar-refractivity contribution in [3.63, 3.8) is 0 Å². The van der Waals surface area contributed by atoms with Crippen LogP contribution in [0.2, 0.25) is 0 Å². The number of rotatable bonds is 15. The Morgan fingerprint density at radius 1 is 0.818 bits per heavy atom. The molecule has 0 aliphatic heterocycles. The molecule has 0 aliphatic carbocycles. The minimum absolute atomic E-state index is 0.575. The maximum atomic E-state index is 4.30. The number of hydrogen-bond acceptors (Lipinski definition) is 2. The van der Waals surface area contributed by atoms with Crippen molar-refractivity contribution in [2.75, 3.05) is 0 Å². The second kappa shape index (κ2) is 13.8. The van der Waals surface area contributed by atoms with E-state index in [1.54, 1.807) is 6.33 Å². The summed E-state index contributed by atoms with van der Waals surface area (Å²) in [5.41, 5.74) is 0. The first-order chi connectivity index (χ1) is 10.9. The van der Waals surface area contributed by atoms with Gasteiger partial charge in [-0.3, -0.25) is 5.10 Å². The minimum Gasteiger partial charge on any atom is -0.263 e. The summed E-state index contributed by atoms with van der Waals surface area (Å²) in [6.07, 6.45) is 21.0. The van der Waals surface area contributed by atoms with Crippen LogP contribution >= 0.6 is 0 Å². The monoisotopic (exact) mass is 307 g/mol. The van der Waals surface area contributed by atoms with Crippen molar-refractivity contribution < 1.29 is 0 Å². The molecule has 0 fully saturated rings. The second-order valence-electron chi connectivity index (χ2n) is 6.65. The van der Waals surface area contributed by atoms with Crippen LogP contribution in [-0.2, 0) is 0 Å². The van der Waals surface area contributed by atoms with Gasteiger partial charge < -0.3 is 0 Å². The van der Waals surface area contributed by atoms with E-state index in [-0.39, 0.29) is 0 Å². The fourth-order valence-electron chi connectivity index (χ4n) is 3.18. The van der Waals surface area contributed by atoms with E-state index in [0.717, 1.165) is 12.2 Å². The average molecular weight is 308 g/mol. The lowest BCUT2D eigenvalue weighted by molar-refractivity contribution is 0.504. The number of aromatic amines is 1. The van der Waals surface area contributed by atoms with Crippen LogP contribution in [0.15, 0.2) is 6.33 Å². The van der Waals surface area contributed by atoms with Gasteiger partial charge in [-0.05, 0) is 12.8 Å². The molecule has 1 rings (SSSR count). The van der Waals surface area contributed by atoms with Gasteiger partial charge in [-0.15, -0.1) is 0 Å². The summed E-state index contributed by atoms with van der Waals surface area (Å²) in [6, 6.07) is 0. The molecule has 1 aromatic rings. The molecule has 1 atom stereocenters. The Bertz CT molecular complexity index is 321. The maximum Gasteiger partial charge on any atom is 0.137 e. The first-order valence-corrected chi connectivity index (χ1v) is 9.73. The standard InChI is InChI=1S/C19H37N3/c1-3-5-6-7-8-9-10-11-12-13-14-15-16-18(4-2)19-20-17-21-22-19/h17-18H,3-16H2,1-2H3,(H,20,21,22).